The highest BCUT2D eigenvalue weighted by molar-refractivity contribution is 8.00. The van der Waals surface area contributed by atoms with Gasteiger partial charge in [-0.05, 0) is 32.9 Å². The molecule has 0 bridgehead atoms. The van der Waals surface area contributed by atoms with Crippen molar-refractivity contribution in [1.82, 2.24) is 0 Å². The van der Waals surface area contributed by atoms with E-state index in [2.05, 4.69) is 0 Å². The molecule has 2 atom stereocenters. The van der Waals surface area contributed by atoms with Crippen molar-refractivity contribution in [3.05, 3.63) is 0 Å². The van der Waals surface area contributed by atoms with E-state index in [-0.39, 0.29) is 11.4 Å². The lowest BCUT2D eigenvalue weighted by Gasteiger charge is -2.30. The van der Waals surface area contributed by atoms with E-state index in [0.717, 1.165) is 5.75 Å². The van der Waals surface area contributed by atoms with Crippen LogP contribution in [0.1, 0.15) is 27.2 Å². The van der Waals surface area contributed by atoms with Crippen LogP contribution in [0.5, 0.6) is 0 Å². The first-order valence-corrected chi connectivity index (χ1v) is 5.56. The monoisotopic (exact) mass is 204 g/mol. The lowest BCUT2D eigenvalue weighted by Crippen LogP contribution is -2.47. The first-order valence-electron chi connectivity index (χ1n) is 4.52. The van der Waals surface area contributed by atoms with Crippen molar-refractivity contribution >= 4 is 17.7 Å². The largest absolute Gasteiger partial charge is 0.479 e. The van der Waals surface area contributed by atoms with Crippen molar-refractivity contribution in [1.29, 1.82) is 0 Å². The average Bonchev–Trinajstić information content (AvgIpc) is 2.32. The number of hydrogen-bond acceptors (Lipinski definition) is 3. The molecular weight excluding hydrogens is 188 g/mol. The summed E-state index contributed by atoms with van der Waals surface area (Å²) in [4.78, 5) is 11.1. The number of thioether (sulfide) groups is 1. The Morgan fingerprint density at radius 3 is 2.62 bits per heavy atom. The molecule has 1 saturated heterocycles. The van der Waals surface area contributed by atoms with Gasteiger partial charge in [-0.25, -0.2) is 4.79 Å². The Balaban J connectivity index is 2.80. The molecule has 1 aliphatic rings. The van der Waals surface area contributed by atoms with Gasteiger partial charge in [0.2, 0.25) is 0 Å². The summed E-state index contributed by atoms with van der Waals surface area (Å²) in [6.07, 6.45) is 0.587. The molecular formula is C9H16O3S. The molecule has 13 heavy (non-hydrogen) atoms. The number of rotatable bonds is 3. The van der Waals surface area contributed by atoms with Crippen LogP contribution < -0.4 is 0 Å². The van der Waals surface area contributed by atoms with Crippen LogP contribution in [-0.4, -0.2) is 33.8 Å². The zero-order chi connectivity index (χ0) is 10.1. The summed E-state index contributed by atoms with van der Waals surface area (Å²) in [5.74, 6) is 0.0545. The Kier molecular flexibility index (Phi) is 3.24. The van der Waals surface area contributed by atoms with Gasteiger partial charge in [0, 0.05) is 5.25 Å². The van der Waals surface area contributed by atoms with E-state index in [1.54, 1.807) is 11.8 Å². The second kappa shape index (κ2) is 3.88. The third kappa shape index (κ3) is 1.99. The fourth-order valence-corrected chi connectivity index (χ4v) is 2.95. The first-order chi connectivity index (χ1) is 5.99. The van der Waals surface area contributed by atoms with E-state index in [0.29, 0.717) is 6.42 Å². The maximum atomic E-state index is 11.1. The molecule has 0 aromatic carbocycles. The minimum absolute atomic E-state index is 0.0303. The van der Waals surface area contributed by atoms with Crippen LogP contribution >= 0.6 is 11.8 Å². The van der Waals surface area contributed by atoms with Gasteiger partial charge in [-0.1, -0.05) is 0 Å². The summed E-state index contributed by atoms with van der Waals surface area (Å²) in [6.45, 7) is 5.68. The van der Waals surface area contributed by atoms with E-state index >= 15 is 0 Å². The maximum Gasteiger partial charge on any atom is 0.337 e. The maximum absolute atomic E-state index is 11.1. The molecule has 1 fully saturated rings. The fraction of sp³-hybridized carbons (Fsp3) is 0.889. The summed E-state index contributed by atoms with van der Waals surface area (Å²) in [5.41, 5.74) is -0.946. The topological polar surface area (TPSA) is 46.5 Å². The molecule has 1 aliphatic heterocycles. The zero-order valence-electron chi connectivity index (χ0n) is 8.24. The van der Waals surface area contributed by atoms with Crippen molar-refractivity contribution in [2.24, 2.45) is 0 Å². The minimum Gasteiger partial charge on any atom is -0.479 e. The number of carboxylic acid groups (broad SMARTS) is 1. The molecule has 76 valence electrons. The van der Waals surface area contributed by atoms with Gasteiger partial charge in [0.25, 0.3) is 0 Å². The summed E-state index contributed by atoms with van der Waals surface area (Å²) in [6, 6.07) is 0. The van der Waals surface area contributed by atoms with Crippen molar-refractivity contribution in [2.75, 3.05) is 5.75 Å². The number of ether oxygens (including phenoxy) is 1. The predicted octanol–water partition coefficient (Wildman–Crippen LogP) is 1.76. The second-order valence-electron chi connectivity index (χ2n) is 3.62. The fourth-order valence-electron chi connectivity index (χ4n) is 1.63. The standard InChI is InChI=1S/C9H16O3S/c1-6(2)12-9(8(10)11)4-5-13-7(9)3/h6-7H,4-5H2,1-3H3,(H,10,11). The Morgan fingerprint density at radius 2 is 2.31 bits per heavy atom. The predicted molar refractivity (Wildman–Crippen MR) is 53.1 cm³/mol. The lowest BCUT2D eigenvalue weighted by atomic mass is 9.97. The molecule has 0 aliphatic carbocycles. The molecule has 0 aromatic rings. The van der Waals surface area contributed by atoms with Gasteiger partial charge in [-0.2, -0.15) is 11.8 Å². The molecule has 0 radical (unpaired) electrons. The highest BCUT2D eigenvalue weighted by Crippen LogP contribution is 2.39. The highest BCUT2D eigenvalue weighted by atomic mass is 32.2. The molecule has 0 spiro atoms. The van der Waals surface area contributed by atoms with Crippen LogP contribution in [0, 0.1) is 0 Å². The zero-order valence-corrected chi connectivity index (χ0v) is 9.06. The van der Waals surface area contributed by atoms with E-state index in [4.69, 9.17) is 9.84 Å². The van der Waals surface area contributed by atoms with Crippen molar-refractivity contribution < 1.29 is 14.6 Å². The van der Waals surface area contributed by atoms with Gasteiger partial charge in [-0.15, -0.1) is 0 Å². The van der Waals surface area contributed by atoms with Crippen molar-refractivity contribution in [3.63, 3.8) is 0 Å². The molecule has 1 N–H and O–H groups in total. The molecule has 0 amide bonds. The van der Waals surface area contributed by atoms with Crippen LogP contribution in [0.15, 0.2) is 0 Å². The Morgan fingerprint density at radius 1 is 1.69 bits per heavy atom. The molecule has 3 nitrogen and oxygen atoms in total. The molecule has 1 rings (SSSR count). The number of carbonyl (C=O) groups is 1. The first kappa shape index (κ1) is 10.9. The Hall–Kier alpha value is -0.220. The van der Waals surface area contributed by atoms with Crippen LogP contribution in [0.25, 0.3) is 0 Å². The third-order valence-corrected chi connectivity index (χ3v) is 3.63. The van der Waals surface area contributed by atoms with Crippen molar-refractivity contribution in [2.45, 2.75) is 44.1 Å². The van der Waals surface area contributed by atoms with Gasteiger partial charge in [0.1, 0.15) is 0 Å². The molecule has 1 heterocycles. The smallest absolute Gasteiger partial charge is 0.337 e. The third-order valence-electron chi connectivity index (χ3n) is 2.31. The van der Waals surface area contributed by atoms with E-state index in [1.807, 2.05) is 20.8 Å². The molecule has 0 aromatic heterocycles. The second-order valence-corrected chi connectivity index (χ2v) is 5.07. The van der Waals surface area contributed by atoms with Gasteiger partial charge >= 0.3 is 5.97 Å². The van der Waals surface area contributed by atoms with Gasteiger partial charge < -0.3 is 9.84 Å². The normalized spacial score (nSPS) is 34.0. The number of carboxylic acids is 1. The molecule has 0 saturated carbocycles. The highest BCUT2D eigenvalue weighted by Gasteiger charge is 2.49. The number of aliphatic carboxylic acids is 1. The van der Waals surface area contributed by atoms with Crippen molar-refractivity contribution in [3.8, 4) is 0 Å². The quantitative estimate of drug-likeness (QED) is 0.761. The van der Waals surface area contributed by atoms with Gasteiger partial charge in [0.15, 0.2) is 5.60 Å². The SMILES string of the molecule is CC(C)OC1(C(=O)O)CCSC1C. The summed E-state index contributed by atoms with van der Waals surface area (Å²) < 4.78 is 5.55. The minimum atomic E-state index is -0.946. The van der Waals surface area contributed by atoms with Crippen LogP contribution in [-0.2, 0) is 9.53 Å². The number of hydrogen-bond donors (Lipinski definition) is 1. The Bertz CT molecular complexity index is 205. The molecule has 2 unspecified atom stereocenters. The van der Waals surface area contributed by atoms with E-state index < -0.39 is 11.6 Å². The summed E-state index contributed by atoms with van der Waals surface area (Å²) in [5, 5.41) is 9.19. The Labute approximate surface area is 82.8 Å². The molecule has 4 heteroatoms. The van der Waals surface area contributed by atoms with Gasteiger partial charge in [-0.3, -0.25) is 0 Å². The average molecular weight is 204 g/mol. The van der Waals surface area contributed by atoms with E-state index in [9.17, 15) is 4.79 Å². The van der Waals surface area contributed by atoms with Gasteiger partial charge in [0.05, 0.1) is 6.10 Å². The van der Waals surface area contributed by atoms with Crippen LogP contribution in [0.4, 0.5) is 0 Å². The van der Waals surface area contributed by atoms with Crippen LogP contribution in [0.2, 0.25) is 0 Å². The summed E-state index contributed by atoms with van der Waals surface area (Å²) in [7, 11) is 0. The lowest BCUT2D eigenvalue weighted by molar-refractivity contribution is -0.170. The van der Waals surface area contributed by atoms with Crippen LogP contribution in [0.3, 0.4) is 0 Å². The summed E-state index contributed by atoms with van der Waals surface area (Å²) >= 11 is 1.67. The van der Waals surface area contributed by atoms with E-state index in [1.165, 1.54) is 0 Å².